The van der Waals surface area contributed by atoms with Gasteiger partial charge in [-0.15, -0.1) is 0 Å². The van der Waals surface area contributed by atoms with Crippen molar-refractivity contribution in [2.24, 2.45) is 0 Å². The minimum atomic E-state index is 0.123. The van der Waals surface area contributed by atoms with E-state index < -0.39 is 0 Å². The molecule has 17 heavy (non-hydrogen) atoms. The summed E-state index contributed by atoms with van der Waals surface area (Å²) in [7, 11) is 0. The molecular weight excluding hydrogens is 232 g/mol. The van der Waals surface area contributed by atoms with Crippen LogP contribution in [-0.2, 0) is 0 Å². The lowest BCUT2D eigenvalue weighted by molar-refractivity contribution is 0.420. The summed E-state index contributed by atoms with van der Waals surface area (Å²) in [6.07, 6.45) is 3.20. The number of hydrogen-bond donors (Lipinski definition) is 1. The van der Waals surface area contributed by atoms with Crippen LogP contribution in [0.15, 0.2) is 18.2 Å². The molecule has 0 atom stereocenters. The number of nitrogens with zero attached hydrogens (tertiary/aromatic N) is 1. The maximum absolute atomic E-state index is 8.83. The lowest BCUT2D eigenvalue weighted by atomic mass is 9.89. The Balaban J connectivity index is 2.95. The summed E-state index contributed by atoms with van der Waals surface area (Å²) >= 11 is 6.03. The van der Waals surface area contributed by atoms with Gasteiger partial charge in [-0.05, 0) is 37.5 Å². The van der Waals surface area contributed by atoms with Crippen molar-refractivity contribution in [3.05, 3.63) is 28.8 Å². The standard InChI is InChI=1S/C14H19ClN2/c1-4-14(5-2,6-3)17-12-8-7-11(10-16)13(15)9-12/h7-9,17H,4-6H2,1-3H3. The average Bonchev–Trinajstić information content (AvgIpc) is 2.36. The molecule has 0 saturated heterocycles. The number of nitriles is 1. The van der Waals surface area contributed by atoms with Gasteiger partial charge >= 0.3 is 0 Å². The number of nitrogens with one attached hydrogen (secondary N) is 1. The molecule has 0 aromatic heterocycles. The van der Waals surface area contributed by atoms with Crippen molar-refractivity contribution < 1.29 is 0 Å². The van der Waals surface area contributed by atoms with Gasteiger partial charge in [-0.3, -0.25) is 0 Å². The van der Waals surface area contributed by atoms with Gasteiger partial charge in [0.2, 0.25) is 0 Å². The quantitative estimate of drug-likeness (QED) is 0.830. The van der Waals surface area contributed by atoms with Gasteiger partial charge in [-0.25, -0.2) is 0 Å². The first-order valence-corrected chi connectivity index (χ1v) is 6.46. The van der Waals surface area contributed by atoms with Crippen LogP contribution >= 0.6 is 11.6 Å². The van der Waals surface area contributed by atoms with Gasteiger partial charge in [0, 0.05) is 11.2 Å². The Morgan fingerprint density at radius 2 is 1.82 bits per heavy atom. The highest BCUT2D eigenvalue weighted by molar-refractivity contribution is 6.32. The van der Waals surface area contributed by atoms with Crippen LogP contribution in [0.25, 0.3) is 0 Å². The van der Waals surface area contributed by atoms with Crippen LogP contribution in [0.1, 0.15) is 45.6 Å². The van der Waals surface area contributed by atoms with Gasteiger partial charge in [0.25, 0.3) is 0 Å². The van der Waals surface area contributed by atoms with Gasteiger partial charge in [-0.2, -0.15) is 5.26 Å². The van der Waals surface area contributed by atoms with E-state index in [2.05, 4.69) is 32.2 Å². The number of halogens is 1. The summed E-state index contributed by atoms with van der Waals surface area (Å²) in [6, 6.07) is 7.57. The van der Waals surface area contributed by atoms with Crippen LogP contribution in [0.4, 0.5) is 5.69 Å². The number of rotatable bonds is 5. The van der Waals surface area contributed by atoms with Crippen LogP contribution in [0, 0.1) is 11.3 Å². The highest BCUT2D eigenvalue weighted by Crippen LogP contribution is 2.28. The number of anilines is 1. The van der Waals surface area contributed by atoms with E-state index in [0.717, 1.165) is 24.9 Å². The van der Waals surface area contributed by atoms with E-state index in [1.807, 2.05) is 12.1 Å². The largest absolute Gasteiger partial charge is 0.380 e. The summed E-state index contributed by atoms with van der Waals surface area (Å²) in [5.41, 5.74) is 1.63. The van der Waals surface area contributed by atoms with E-state index in [1.165, 1.54) is 0 Å². The Kier molecular flexibility index (Phi) is 4.84. The molecule has 1 aromatic rings. The maximum atomic E-state index is 8.83. The van der Waals surface area contributed by atoms with Gasteiger partial charge in [-0.1, -0.05) is 32.4 Å². The topological polar surface area (TPSA) is 35.8 Å². The maximum Gasteiger partial charge on any atom is 0.101 e. The first-order valence-electron chi connectivity index (χ1n) is 6.08. The molecule has 0 fully saturated rings. The van der Waals surface area contributed by atoms with E-state index in [4.69, 9.17) is 16.9 Å². The highest BCUT2D eigenvalue weighted by atomic mass is 35.5. The number of benzene rings is 1. The van der Waals surface area contributed by atoms with E-state index in [-0.39, 0.29) is 5.54 Å². The molecule has 0 aliphatic heterocycles. The normalized spacial score (nSPS) is 11.0. The third-order valence-corrected chi connectivity index (χ3v) is 3.84. The monoisotopic (exact) mass is 250 g/mol. The van der Waals surface area contributed by atoms with Crippen LogP contribution in [0.5, 0.6) is 0 Å². The van der Waals surface area contributed by atoms with Gasteiger partial charge in [0.05, 0.1) is 10.6 Å². The van der Waals surface area contributed by atoms with Crippen molar-refractivity contribution in [3.8, 4) is 6.07 Å². The van der Waals surface area contributed by atoms with Crippen molar-refractivity contribution in [1.82, 2.24) is 0 Å². The SMILES string of the molecule is CCC(CC)(CC)Nc1ccc(C#N)c(Cl)c1. The molecule has 0 unspecified atom stereocenters. The van der Waals surface area contributed by atoms with Gasteiger partial charge < -0.3 is 5.32 Å². The van der Waals surface area contributed by atoms with E-state index in [0.29, 0.717) is 10.6 Å². The molecule has 0 amide bonds. The smallest absolute Gasteiger partial charge is 0.101 e. The fraction of sp³-hybridized carbons (Fsp3) is 0.500. The summed E-state index contributed by atoms with van der Waals surface area (Å²) in [6.45, 7) is 6.56. The summed E-state index contributed by atoms with van der Waals surface area (Å²) in [5.74, 6) is 0. The molecule has 0 radical (unpaired) electrons. The Hall–Kier alpha value is -1.20. The molecule has 1 N–H and O–H groups in total. The zero-order chi connectivity index (χ0) is 12.9. The van der Waals surface area contributed by atoms with Gasteiger partial charge in [0.1, 0.15) is 6.07 Å². The van der Waals surface area contributed by atoms with Crippen molar-refractivity contribution in [2.45, 2.75) is 45.6 Å². The summed E-state index contributed by atoms with van der Waals surface area (Å²) in [4.78, 5) is 0. The molecule has 0 saturated carbocycles. The molecule has 0 spiro atoms. The summed E-state index contributed by atoms with van der Waals surface area (Å²) in [5, 5.41) is 12.9. The third kappa shape index (κ3) is 3.14. The first-order chi connectivity index (χ1) is 8.10. The molecule has 0 bridgehead atoms. The number of hydrogen-bond acceptors (Lipinski definition) is 2. The fourth-order valence-electron chi connectivity index (χ4n) is 2.00. The van der Waals surface area contributed by atoms with Crippen LogP contribution < -0.4 is 5.32 Å². The zero-order valence-corrected chi connectivity index (χ0v) is 11.4. The Morgan fingerprint density at radius 3 is 2.24 bits per heavy atom. The van der Waals surface area contributed by atoms with Crippen LogP contribution in [0.3, 0.4) is 0 Å². The average molecular weight is 251 g/mol. The third-order valence-electron chi connectivity index (χ3n) is 3.53. The predicted octanol–water partition coefficient (Wildman–Crippen LogP) is 4.59. The molecule has 3 heteroatoms. The predicted molar refractivity (Wildman–Crippen MR) is 73.4 cm³/mol. The van der Waals surface area contributed by atoms with E-state index in [9.17, 15) is 0 Å². The highest BCUT2D eigenvalue weighted by Gasteiger charge is 2.23. The molecule has 2 nitrogen and oxygen atoms in total. The second-order valence-electron chi connectivity index (χ2n) is 4.27. The molecule has 1 aromatic carbocycles. The lowest BCUT2D eigenvalue weighted by Gasteiger charge is -2.33. The lowest BCUT2D eigenvalue weighted by Crippen LogP contribution is -2.36. The van der Waals surface area contributed by atoms with Crippen molar-refractivity contribution in [3.63, 3.8) is 0 Å². The second kappa shape index (κ2) is 5.93. The molecule has 1 rings (SSSR count). The Bertz CT molecular complexity index is 408. The fourth-order valence-corrected chi connectivity index (χ4v) is 2.23. The Labute approximate surface area is 109 Å². The van der Waals surface area contributed by atoms with Crippen molar-refractivity contribution in [2.75, 3.05) is 5.32 Å². The van der Waals surface area contributed by atoms with Crippen molar-refractivity contribution in [1.29, 1.82) is 5.26 Å². The van der Waals surface area contributed by atoms with Crippen LogP contribution in [-0.4, -0.2) is 5.54 Å². The minimum absolute atomic E-state index is 0.123. The van der Waals surface area contributed by atoms with E-state index >= 15 is 0 Å². The molecule has 92 valence electrons. The molecular formula is C14H19ClN2. The van der Waals surface area contributed by atoms with Crippen LogP contribution in [0.2, 0.25) is 5.02 Å². The van der Waals surface area contributed by atoms with Crippen molar-refractivity contribution >= 4 is 17.3 Å². The van der Waals surface area contributed by atoms with E-state index in [1.54, 1.807) is 6.07 Å². The summed E-state index contributed by atoms with van der Waals surface area (Å²) < 4.78 is 0. The zero-order valence-electron chi connectivity index (χ0n) is 10.7. The Morgan fingerprint density at radius 1 is 1.24 bits per heavy atom. The second-order valence-corrected chi connectivity index (χ2v) is 4.68. The van der Waals surface area contributed by atoms with Gasteiger partial charge in [0.15, 0.2) is 0 Å². The molecule has 0 aliphatic rings. The molecule has 0 aliphatic carbocycles. The minimum Gasteiger partial charge on any atom is -0.380 e. The first kappa shape index (κ1) is 13.9. The molecule has 0 heterocycles.